The number of methoxy groups -OCH3 is 1. The Morgan fingerprint density at radius 1 is 0.800 bits per heavy atom. The third kappa shape index (κ3) is 6.27. The van der Waals surface area contributed by atoms with Gasteiger partial charge in [0, 0.05) is 30.9 Å². The fourth-order valence-corrected chi connectivity index (χ4v) is 6.50. The number of carbonyl (C=O) groups excluding carboxylic acids is 3. The van der Waals surface area contributed by atoms with Crippen LogP contribution < -0.4 is 15.0 Å². The predicted octanol–water partition coefficient (Wildman–Crippen LogP) is 5.00. The molecule has 6 rings (SSSR count). The summed E-state index contributed by atoms with van der Waals surface area (Å²) >= 11 is 0. The lowest BCUT2D eigenvalue weighted by molar-refractivity contribution is -0.137. The Hall–Kier alpha value is -5.11. The van der Waals surface area contributed by atoms with Gasteiger partial charge in [-0.25, -0.2) is 0 Å². The lowest BCUT2D eigenvalue weighted by atomic mass is 9.85. The second-order valence-corrected chi connectivity index (χ2v) is 11.6. The van der Waals surface area contributed by atoms with Crippen molar-refractivity contribution in [1.29, 1.82) is 0 Å². The second kappa shape index (κ2) is 13.3. The molecule has 8 heteroatoms. The molecule has 2 aliphatic heterocycles. The van der Waals surface area contributed by atoms with E-state index in [4.69, 9.17) is 4.74 Å². The van der Waals surface area contributed by atoms with Gasteiger partial charge < -0.3 is 24.8 Å². The van der Waals surface area contributed by atoms with Crippen molar-refractivity contribution >= 4 is 23.4 Å². The van der Waals surface area contributed by atoms with Gasteiger partial charge in [0.1, 0.15) is 17.8 Å². The van der Waals surface area contributed by atoms with Crippen molar-refractivity contribution < 1.29 is 19.1 Å². The van der Waals surface area contributed by atoms with E-state index in [1.807, 2.05) is 114 Å². The maximum Gasteiger partial charge on any atom is 0.253 e. The summed E-state index contributed by atoms with van der Waals surface area (Å²) in [5, 5.41) is 2.97. The van der Waals surface area contributed by atoms with Gasteiger partial charge in [0.25, 0.3) is 11.8 Å². The molecule has 0 unspecified atom stereocenters. The summed E-state index contributed by atoms with van der Waals surface area (Å²) in [5.41, 5.74) is 3.93. The molecule has 0 saturated carbocycles. The fourth-order valence-electron chi connectivity index (χ4n) is 6.50. The van der Waals surface area contributed by atoms with Gasteiger partial charge in [0.2, 0.25) is 5.91 Å². The zero-order chi connectivity index (χ0) is 31.2. The third-order valence-electron chi connectivity index (χ3n) is 8.94. The molecule has 3 amide bonds. The van der Waals surface area contributed by atoms with Gasteiger partial charge in [-0.1, -0.05) is 78.9 Å². The highest BCUT2D eigenvalue weighted by Gasteiger charge is 2.54. The molecule has 2 aliphatic rings. The maximum atomic E-state index is 14.1. The minimum absolute atomic E-state index is 0.0216. The topological polar surface area (TPSA) is 82.2 Å². The maximum absolute atomic E-state index is 14.1. The first-order valence-electron chi connectivity index (χ1n) is 15.4. The van der Waals surface area contributed by atoms with E-state index in [0.717, 1.165) is 28.1 Å². The standard InChI is InChI=1S/C37H38N4O4/c1-45-33-15-9-8-12-30(33)20-23-38-34(42)26-40-27-41(32-13-6-3-7-14-32)37(36(40)44)21-24-39(25-22-37)35(43)31-18-16-29(17-19-31)28-10-4-2-5-11-28/h2-19H,20-27H2,1H3,(H,38,42). The highest BCUT2D eigenvalue weighted by atomic mass is 16.5. The summed E-state index contributed by atoms with van der Waals surface area (Å²) in [6.45, 7) is 1.64. The molecule has 2 saturated heterocycles. The highest BCUT2D eigenvalue weighted by molar-refractivity contribution is 5.98. The van der Waals surface area contributed by atoms with Gasteiger partial charge in [0.05, 0.1) is 13.8 Å². The fraction of sp³-hybridized carbons (Fsp3) is 0.270. The summed E-state index contributed by atoms with van der Waals surface area (Å²) in [6, 6.07) is 35.4. The minimum atomic E-state index is -0.813. The molecule has 0 aromatic heterocycles. The van der Waals surface area contributed by atoms with Gasteiger partial charge in [-0.15, -0.1) is 0 Å². The molecule has 230 valence electrons. The SMILES string of the molecule is COc1ccccc1CCNC(=O)CN1CN(c2ccccc2)C2(CCN(C(=O)c3ccc(-c4ccccc4)cc3)CC2)C1=O. The summed E-state index contributed by atoms with van der Waals surface area (Å²) in [5.74, 6) is 0.490. The number of nitrogens with one attached hydrogen (secondary N) is 1. The third-order valence-corrected chi connectivity index (χ3v) is 8.94. The van der Waals surface area contributed by atoms with Crippen LogP contribution in [0.3, 0.4) is 0 Å². The van der Waals surface area contributed by atoms with Gasteiger partial charge in [0.15, 0.2) is 0 Å². The van der Waals surface area contributed by atoms with Gasteiger partial charge in [-0.05, 0) is 66.3 Å². The molecule has 0 radical (unpaired) electrons. The lowest BCUT2D eigenvalue weighted by Gasteiger charge is -2.43. The molecule has 4 aromatic carbocycles. The number of carbonyl (C=O) groups is 3. The van der Waals surface area contributed by atoms with Crippen LogP contribution in [-0.2, 0) is 16.0 Å². The van der Waals surface area contributed by atoms with Gasteiger partial charge >= 0.3 is 0 Å². The van der Waals surface area contributed by atoms with Crippen LogP contribution in [0.5, 0.6) is 5.75 Å². The van der Waals surface area contributed by atoms with E-state index < -0.39 is 5.54 Å². The number of hydrogen-bond donors (Lipinski definition) is 1. The summed E-state index contributed by atoms with van der Waals surface area (Å²) in [4.78, 5) is 46.2. The number of anilines is 1. The molecule has 8 nitrogen and oxygen atoms in total. The zero-order valence-electron chi connectivity index (χ0n) is 25.5. The van der Waals surface area contributed by atoms with Crippen LogP contribution in [0.15, 0.2) is 109 Å². The quantitative estimate of drug-likeness (QED) is 0.292. The van der Waals surface area contributed by atoms with E-state index in [2.05, 4.69) is 10.2 Å². The summed E-state index contributed by atoms with van der Waals surface area (Å²) < 4.78 is 5.42. The van der Waals surface area contributed by atoms with E-state index >= 15 is 0 Å². The monoisotopic (exact) mass is 602 g/mol. The van der Waals surface area contributed by atoms with Crippen LogP contribution in [0.1, 0.15) is 28.8 Å². The largest absolute Gasteiger partial charge is 0.496 e. The molecule has 45 heavy (non-hydrogen) atoms. The Bertz CT molecular complexity index is 1630. The first kappa shape index (κ1) is 29.9. The number of ether oxygens (including phenoxy) is 1. The number of piperidine rings is 1. The summed E-state index contributed by atoms with van der Waals surface area (Å²) in [6.07, 6.45) is 1.60. The number of hydrogen-bond acceptors (Lipinski definition) is 5. The van der Waals surface area contributed by atoms with E-state index in [9.17, 15) is 14.4 Å². The Labute approximate surface area is 264 Å². The van der Waals surface area contributed by atoms with Gasteiger partial charge in [-0.3, -0.25) is 14.4 Å². The van der Waals surface area contributed by atoms with Crippen molar-refractivity contribution in [2.75, 3.05) is 44.9 Å². The van der Waals surface area contributed by atoms with Crippen molar-refractivity contribution in [1.82, 2.24) is 15.1 Å². The Morgan fingerprint density at radius 2 is 1.42 bits per heavy atom. The van der Waals surface area contributed by atoms with E-state index in [-0.39, 0.29) is 24.3 Å². The Kier molecular flexibility index (Phi) is 8.82. The smallest absolute Gasteiger partial charge is 0.253 e. The van der Waals surface area contributed by atoms with Crippen molar-refractivity contribution in [2.24, 2.45) is 0 Å². The van der Waals surface area contributed by atoms with Crippen molar-refractivity contribution in [2.45, 2.75) is 24.8 Å². The predicted molar refractivity (Wildman–Crippen MR) is 175 cm³/mol. The molecule has 2 heterocycles. The number of likely N-dealkylation sites (tertiary alicyclic amines) is 1. The molecule has 4 aromatic rings. The molecule has 1 spiro atoms. The van der Waals surface area contributed by atoms with Crippen molar-refractivity contribution in [3.8, 4) is 16.9 Å². The van der Waals surface area contributed by atoms with Crippen LogP contribution in [0.2, 0.25) is 0 Å². The molecule has 0 bridgehead atoms. The zero-order valence-corrected chi connectivity index (χ0v) is 25.5. The average molecular weight is 603 g/mol. The van der Waals surface area contributed by atoms with Crippen LogP contribution in [0.25, 0.3) is 11.1 Å². The van der Waals surface area contributed by atoms with Crippen molar-refractivity contribution in [3.05, 3.63) is 120 Å². The van der Waals surface area contributed by atoms with Crippen molar-refractivity contribution in [3.63, 3.8) is 0 Å². The molecular weight excluding hydrogens is 564 g/mol. The summed E-state index contributed by atoms with van der Waals surface area (Å²) in [7, 11) is 1.63. The average Bonchev–Trinajstić information content (AvgIpc) is 3.35. The number of benzene rings is 4. The Morgan fingerprint density at radius 3 is 2.11 bits per heavy atom. The highest BCUT2D eigenvalue weighted by Crippen LogP contribution is 2.39. The number of nitrogens with zero attached hydrogens (tertiary/aromatic N) is 3. The van der Waals surface area contributed by atoms with Crippen LogP contribution in [0, 0.1) is 0 Å². The van der Waals surface area contributed by atoms with Crippen LogP contribution in [0.4, 0.5) is 5.69 Å². The molecule has 0 aliphatic carbocycles. The van der Waals surface area contributed by atoms with E-state index in [0.29, 0.717) is 51.1 Å². The first-order chi connectivity index (χ1) is 22.0. The minimum Gasteiger partial charge on any atom is -0.496 e. The van der Waals surface area contributed by atoms with E-state index in [1.165, 1.54) is 0 Å². The number of amides is 3. The second-order valence-electron chi connectivity index (χ2n) is 11.6. The number of para-hydroxylation sites is 2. The lowest BCUT2D eigenvalue weighted by Crippen LogP contribution is -2.57. The Balaban J connectivity index is 1.11. The normalized spacial score (nSPS) is 15.8. The molecular formula is C37H38N4O4. The molecule has 1 N–H and O–H groups in total. The molecule has 0 atom stereocenters. The number of rotatable bonds is 9. The van der Waals surface area contributed by atoms with Crippen LogP contribution in [-0.4, -0.2) is 73.0 Å². The first-order valence-corrected chi connectivity index (χ1v) is 15.4. The molecule has 2 fully saturated rings. The van der Waals surface area contributed by atoms with Gasteiger partial charge in [-0.2, -0.15) is 0 Å². The van der Waals surface area contributed by atoms with E-state index in [1.54, 1.807) is 12.0 Å². The van der Waals surface area contributed by atoms with Crippen LogP contribution >= 0.6 is 0 Å².